The zero-order valence-corrected chi connectivity index (χ0v) is 21.8. The molecule has 0 spiro atoms. The van der Waals surface area contributed by atoms with E-state index in [0.29, 0.717) is 6.61 Å². The molecular weight excluding hydrogens is 515 g/mol. The molecule has 0 atom stereocenters. The van der Waals surface area contributed by atoms with E-state index in [0.717, 1.165) is 57.3 Å². The molecule has 0 aromatic heterocycles. The van der Waals surface area contributed by atoms with E-state index < -0.39 is 0 Å². The minimum Gasteiger partial charge on any atom is -0.492 e. The summed E-state index contributed by atoms with van der Waals surface area (Å²) in [6, 6.07) is 16.9. The fourth-order valence-electron chi connectivity index (χ4n) is 3.70. The van der Waals surface area contributed by atoms with Crippen LogP contribution in [0.1, 0.15) is 29.5 Å². The molecule has 6 nitrogen and oxygen atoms in total. The summed E-state index contributed by atoms with van der Waals surface area (Å²) in [4.78, 5) is 8.88. The van der Waals surface area contributed by atoms with Crippen molar-refractivity contribution in [2.24, 2.45) is 4.99 Å². The normalized spacial score (nSPS) is 15.2. The van der Waals surface area contributed by atoms with E-state index in [9.17, 15) is 5.11 Å². The molecule has 0 unspecified atom stereocenters. The lowest BCUT2D eigenvalue weighted by Crippen LogP contribution is -2.40. The van der Waals surface area contributed by atoms with Crippen LogP contribution in [0, 0.1) is 6.92 Å². The van der Waals surface area contributed by atoms with E-state index in [1.165, 1.54) is 16.7 Å². The van der Waals surface area contributed by atoms with Crippen molar-refractivity contribution in [1.82, 2.24) is 15.1 Å². The van der Waals surface area contributed by atoms with Crippen LogP contribution >= 0.6 is 24.0 Å². The maximum absolute atomic E-state index is 9.65. The van der Waals surface area contributed by atoms with Gasteiger partial charge in [-0.2, -0.15) is 0 Å². The number of aliphatic hydroxyl groups is 1. The molecule has 1 saturated heterocycles. The maximum Gasteiger partial charge on any atom is 0.193 e. The summed E-state index contributed by atoms with van der Waals surface area (Å²) in [5.41, 5.74) is 3.77. The largest absolute Gasteiger partial charge is 0.492 e. The number of piperidine rings is 1. The average molecular weight is 553 g/mol. The first-order chi connectivity index (χ1) is 15.0. The second-order valence-corrected chi connectivity index (χ2v) is 8.31. The number of hydrogen-bond acceptors (Lipinski definition) is 4. The molecule has 2 aromatic rings. The quantitative estimate of drug-likeness (QED) is 0.298. The summed E-state index contributed by atoms with van der Waals surface area (Å²) < 4.78 is 5.83. The number of likely N-dealkylation sites (tertiary alicyclic amines) is 1. The van der Waals surface area contributed by atoms with Crippen LogP contribution in [0.2, 0.25) is 0 Å². The van der Waals surface area contributed by atoms with Crippen molar-refractivity contribution in [1.29, 1.82) is 0 Å². The smallest absolute Gasteiger partial charge is 0.193 e. The number of ether oxygens (including phenoxy) is 1. The van der Waals surface area contributed by atoms with Gasteiger partial charge in [0.1, 0.15) is 12.4 Å². The molecule has 1 aliphatic heterocycles. The van der Waals surface area contributed by atoms with E-state index in [4.69, 9.17) is 4.74 Å². The SMILES string of the molecule is CN=C(NCc1ccc(CN2CCC(O)CC2)cc1)N(C)CCOc1ccc(C)cc1.I. The standard InChI is InChI=1S/C25H36N4O2.HI/c1-20-4-10-24(11-5-20)31-17-16-28(3)25(26-2)27-18-21-6-8-22(9-7-21)19-29-14-12-23(30)13-15-29;/h4-11,23,30H,12-19H2,1-3H3,(H,26,27);1H. The molecule has 0 amide bonds. The van der Waals surface area contributed by atoms with Crippen molar-refractivity contribution in [3.8, 4) is 5.75 Å². The van der Waals surface area contributed by atoms with Crippen LogP contribution in [-0.2, 0) is 13.1 Å². The highest BCUT2D eigenvalue weighted by atomic mass is 127. The van der Waals surface area contributed by atoms with E-state index in [1.54, 1.807) is 7.05 Å². The average Bonchev–Trinajstić information content (AvgIpc) is 2.78. The molecule has 32 heavy (non-hydrogen) atoms. The topological polar surface area (TPSA) is 60.3 Å². The highest BCUT2D eigenvalue weighted by Gasteiger charge is 2.16. The number of aliphatic hydroxyl groups excluding tert-OH is 1. The Morgan fingerprint density at radius 3 is 2.34 bits per heavy atom. The number of nitrogens with zero attached hydrogens (tertiary/aromatic N) is 3. The van der Waals surface area contributed by atoms with Gasteiger partial charge in [-0.05, 0) is 43.0 Å². The van der Waals surface area contributed by atoms with Gasteiger partial charge in [0, 0.05) is 40.3 Å². The Hall–Kier alpha value is -1.84. The van der Waals surface area contributed by atoms with Crippen LogP contribution in [0.25, 0.3) is 0 Å². The molecule has 176 valence electrons. The number of aliphatic imine (C=N–C) groups is 1. The van der Waals surface area contributed by atoms with Gasteiger partial charge in [-0.3, -0.25) is 9.89 Å². The van der Waals surface area contributed by atoms with E-state index in [2.05, 4.69) is 63.4 Å². The highest BCUT2D eigenvalue weighted by molar-refractivity contribution is 14.0. The molecule has 2 aromatic carbocycles. The van der Waals surface area contributed by atoms with E-state index in [-0.39, 0.29) is 30.1 Å². The first-order valence-corrected chi connectivity index (χ1v) is 11.1. The van der Waals surface area contributed by atoms with Gasteiger partial charge in [-0.25, -0.2) is 0 Å². The Balaban J connectivity index is 0.00000363. The summed E-state index contributed by atoms with van der Waals surface area (Å²) in [7, 11) is 3.82. The third kappa shape index (κ3) is 8.60. The number of guanidine groups is 1. The lowest BCUT2D eigenvalue weighted by molar-refractivity contribution is 0.0792. The predicted octanol–water partition coefficient (Wildman–Crippen LogP) is 3.66. The minimum absolute atomic E-state index is 0. The third-order valence-electron chi connectivity index (χ3n) is 5.73. The molecule has 0 saturated carbocycles. The first kappa shape index (κ1) is 26.4. The monoisotopic (exact) mass is 552 g/mol. The van der Waals surface area contributed by atoms with Gasteiger partial charge in [0.25, 0.3) is 0 Å². The van der Waals surface area contributed by atoms with E-state index >= 15 is 0 Å². The second kappa shape index (κ2) is 13.6. The summed E-state index contributed by atoms with van der Waals surface area (Å²) in [6.45, 7) is 7.04. The molecule has 0 bridgehead atoms. The molecule has 0 aliphatic carbocycles. The lowest BCUT2D eigenvalue weighted by atomic mass is 10.1. The van der Waals surface area contributed by atoms with Crippen molar-refractivity contribution in [3.63, 3.8) is 0 Å². The minimum atomic E-state index is -0.119. The van der Waals surface area contributed by atoms with Gasteiger partial charge < -0.3 is 20.1 Å². The Labute approximate surface area is 209 Å². The molecule has 1 heterocycles. The third-order valence-corrected chi connectivity index (χ3v) is 5.73. The van der Waals surface area contributed by atoms with Gasteiger partial charge in [0.05, 0.1) is 12.6 Å². The fourth-order valence-corrected chi connectivity index (χ4v) is 3.70. The number of likely N-dealkylation sites (N-methyl/N-ethyl adjacent to an activating group) is 1. The van der Waals surface area contributed by atoms with Crippen molar-refractivity contribution < 1.29 is 9.84 Å². The van der Waals surface area contributed by atoms with Crippen molar-refractivity contribution in [2.45, 2.75) is 39.0 Å². The predicted molar refractivity (Wildman–Crippen MR) is 142 cm³/mol. The molecule has 0 radical (unpaired) electrons. The zero-order chi connectivity index (χ0) is 22.1. The van der Waals surface area contributed by atoms with Gasteiger partial charge in [-0.15, -0.1) is 24.0 Å². The molecule has 1 fully saturated rings. The maximum atomic E-state index is 9.65. The molecule has 2 N–H and O–H groups in total. The van der Waals surface area contributed by atoms with Gasteiger partial charge in [0.15, 0.2) is 5.96 Å². The number of rotatable bonds is 8. The number of halogens is 1. The number of aryl methyl sites for hydroxylation is 1. The van der Waals surface area contributed by atoms with Crippen LogP contribution in [-0.4, -0.2) is 67.3 Å². The van der Waals surface area contributed by atoms with Crippen LogP contribution in [0.5, 0.6) is 5.75 Å². The Morgan fingerprint density at radius 2 is 1.72 bits per heavy atom. The van der Waals surface area contributed by atoms with Gasteiger partial charge in [-0.1, -0.05) is 42.0 Å². The second-order valence-electron chi connectivity index (χ2n) is 8.31. The van der Waals surface area contributed by atoms with Crippen LogP contribution in [0.15, 0.2) is 53.5 Å². The van der Waals surface area contributed by atoms with Crippen molar-refractivity contribution in [3.05, 3.63) is 65.2 Å². The summed E-state index contributed by atoms with van der Waals surface area (Å²) in [5.74, 6) is 1.74. The van der Waals surface area contributed by atoms with Crippen LogP contribution < -0.4 is 10.1 Å². The number of hydrogen-bond donors (Lipinski definition) is 2. The molecule has 1 aliphatic rings. The zero-order valence-electron chi connectivity index (χ0n) is 19.5. The Bertz CT molecular complexity index is 819. The van der Waals surface area contributed by atoms with Crippen molar-refractivity contribution >= 4 is 29.9 Å². The molecule has 3 rings (SSSR count). The molecular formula is C25H37IN4O2. The van der Waals surface area contributed by atoms with Crippen LogP contribution in [0.3, 0.4) is 0 Å². The molecule has 7 heteroatoms. The first-order valence-electron chi connectivity index (χ1n) is 11.1. The van der Waals surface area contributed by atoms with E-state index in [1.807, 2.05) is 19.2 Å². The lowest BCUT2D eigenvalue weighted by Gasteiger charge is -2.29. The Kier molecular flexibility index (Phi) is 11.3. The summed E-state index contributed by atoms with van der Waals surface area (Å²) >= 11 is 0. The Morgan fingerprint density at radius 1 is 1.09 bits per heavy atom. The number of benzene rings is 2. The summed E-state index contributed by atoms with van der Waals surface area (Å²) in [6.07, 6.45) is 1.64. The van der Waals surface area contributed by atoms with Crippen LogP contribution in [0.4, 0.5) is 0 Å². The fraction of sp³-hybridized carbons (Fsp3) is 0.480. The van der Waals surface area contributed by atoms with Crippen molar-refractivity contribution in [2.75, 3.05) is 40.3 Å². The highest BCUT2D eigenvalue weighted by Crippen LogP contribution is 2.14. The van der Waals surface area contributed by atoms with Gasteiger partial charge >= 0.3 is 0 Å². The van der Waals surface area contributed by atoms with Gasteiger partial charge in [0.2, 0.25) is 0 Å². The summed E-state index contributed by atoms with van der Waals surface area (Å²) in [5, 5.41) is 13.1. The number of nitrogens with one attached hydrogen (secondary N) is 1.